The lowest BCUT2D eigenvalue weighted by Crippen LogP contribution is -2.26. The van der Waals surface area contributed by atoms with Crippen molar-refractivity contribution in [2.45, 2.75) is 13.8 Å². The number of H-pyrrole nitrogens is 2. The number of nitrogens with one attached hydrogen (secondary N) is 2. The standard InChI is InChI=1S/C10H10N4O4/c1-5-3-7(14(17)18)4-6(2)8(5)13-9(15)11-12-10(13)16/h3-4H,1-2H3,(H,11,15)(H,12,16). The molecule has 0 aliphatic carbocycles. The van der Waals surface area contributed by atoms with E-state index in [1.54, 1.807) is 13.8 Å². The molecule has 0 saturated carbocycles. The minimum absolute atomic E-state index is 0.0752. The van der Waals surface area contributed by atoms with E-state index in [9.17, 15) is 19.7 Å². The number of rotatable bonds is 2. The molecule has 1 aromatic carbocycles. The summed E-state index contributed by atoms with van der Waals surface area (Å²) >= 11 is 0. The predicted molar refractivity (Wildman–Crippen MR) is 63.1 cm³/mol. The van der Waals surface area contributed by atoms with Crippen molar-refractivity contribution in [3.05, 3.63) is 54.3 Å². The molecule has 0 aliphatic rings. The maximum Gasteiger partial charge on any atom is 0.349 e. The Kier molecular flexibility index (Phi) is 2.62. The number of nitro groups is 1. The summed E-state index contributed by atoms with van der Waals surface area (Å²) in [6, 6.07) is 2.64. The summed E-state index contributed by atoms with van der Waals surface area (Å²) in [6.07, 6.45) is 0. The molecule has 1 aromatic heterocycles. The minimum atomic E-state index is -0.611. The van der Waals surface area contributed by atoms with Crippen LogP contribution in [0.25, 0.3) is 5.69 Å². The van der Waals surface area contributed by atoms with Gasteiger partial charge in [-0.05, 0) is 25.0 Å². The number of hydrogen-bond donors (Lipinski definition) is 2. The first-order chi connectivity index (χ1) is 8.41. The van der Waals surface area contributed by atoms with E-state index in [4.69, 9.17) is 0 Å². The Bertz CT molecular complexity index is 686. The molecule has 8 nitrogen and oxygen atoms in total. The number of nitrogens with zero attached hydrogens (tertiary/aromatic N) is 2. The second-order valence-corrected chi connectivity index (χ2v) is 3.88. The normalized spacial score (nSPS) is 10.6. The average Bonchev–Trinajstić information content (AvgIpc) is 2.59. The first-order valence-electron chi connectivity index (χ1n) is 5.07. The highest BCUT2D eigenvalue weighted by Crippen LogP contribution is 2.23. The third-order valence-electron chi connectivity index (χ3n) is 2.59. The van der Waals surface area contributed by atoms with Crippen LogP contribution in [-0.2, 0) is 0 Å². The van der Waals surface area contributed by atoms with Gasteiger partial charge in [0.15, 0.2) is 0 Å². The molecule has 0 radical (unpaired) electrons. The number of aromatic nitrogens is 3. The fourth-order valence-electron chi connectivity index (χ4n) is 1.91. The molecule has 1 heterocycles. The third-order valence-corrected chi connectivity index (χ3v) is 2.59. The zero-order valence-corrected chi connectivity index (χ0v) is 9.68. The lowest BCUT2D eigenvalue weighted by molar-refractivity contribution is -0.384. The van der Waals surface area contributed by atoms with E-state index < -0.39 is 16.3 Å². The second kappa shape index (κ2) is 3.99. The van der Waals surface area contributed by atoms with E-state index in [2.05, 4.69) is 10.2 Å². The Hall–Kier alpha value is -2.64. The monoisotopic (exact) mass is 250 g/mol. The summed E-state index contributed by atoms with van der Waals surface area (Å²) in [6.45, 7) is 3.21. The highest BCUT2D eigenvalue weighted by molar-refractivity contribution is 5.53. The van der Waals surface area contributed by atoms with E-state index in [0.29, 0.717) is 16.8 Å². The van der Waals surface area contributed by atoms with Crippen LogP contribution in [0, 0.1) is 24.0 Å². The Morgan fingerprint density at radius 3 is 1.94 bits per heavy atom. The van der Waals surface area contributed by atoms with Crippen molar-refractivity contribution in [1.29, 1.82) is 0 Å². The molecule has 18 heavy (non-hydrogen) atoms. The van der Waals surface area contributed by atoms with Gasteiger partial charge in [-0.3, -0.25) is 10.1 Å². The number of benzene rings is 1. The predicted octanol–water partition coefficient (Wildman–Crippen LogP) is 0.379. The zero-order chi connectivity index (χ0) is 13.4. The van der Waals surface area contributed by atoms with Gasteiger partial charge in [-0.2, -0.15) is 0 Å². The van der Waals surface area contributed by atoms with Crippen molar-refractivity contribution in [3.63, 3.8) is 0 Å². The topological polar surface area (TPSA) is 114 Å². The van der Waals surface area contributed by atoms with Crippen molar-refractivity contribution in [2.24, 2.45) is 0 Å². The molecule has 0 fully saturated rings. The Labute approximate surface area is 100 Å². The maximum atomic E-state index is 11.5. The molecule has 0 bridgehead atoms. The summed E-state index contributed by atoms with van der Waals surface area (Å²) in [5.74, 6) is 0. The summed E-state index contributed by atoms with van der Waals surface area (Å²) in [5, 5.41) is 15.0. The zero-order valence-electron chi connectivity index (χ0n) is 9.68. The van der Waals surface area contributed by atoms with Crippen molar-refractivity contribution < 1.29 is 4.92 Å². The molecule has 0 amide bonds. The van der Waals surface area contributed by atoms with Crippen molar-refractivity contribution in [2.75, 3.05) is 0 Å². The fourth-order valence-corrected chi connectivity index (χ4v) is 1.91. The molecule has 94 valence electrons. The van der Waals surface area contributed by atoms with Gasteiger partial charge in [-0.25, -0.2) is 24.4 Å². The van der Waals surface area contributed by atoms with E-state index >= 15 is 0 Å². The maximum absolute atomic E-state index is 11.5. The SMILES string of the molecule is Cc1cc([N+](=O)[O-])cc(C)c1-n1c(=O)[nH][nH]c1=O. The first-order valence-corrected chi connectivity index (χ1v) is 5.07. The van der Waals surface area contributed by atoms with Crippen LogP contribution in [0.4, 0.5) is 5.69 Å². The van der Waals surface area contributed by atoms with Crippen molar-refractivity contribution in [1.82, 2.24) is 14.8 Å². The van der Waals surface area contributed by atoms with Crippen molar-refractivity contribution in [3.8, 4) is 5.69 Å². The second-order valence-electron chi connectivity index (χ2n) is 3.88. The molecule has 0 spiro atoms. The van der Waals surface area contributed by atoms with Gasteiger partial charge >= 0.3 is 11.4 Å². The fraction of sp³-hybridized carbons (Fsp3) is 0.200. The van der Waals surface area contributed by atoms with Gasteiger partial charge in [0, 0.05) is 12.1 Å². The Balaban J connectivity index is 2.78. The molecular weight excluding hydrogens is 240 g/mol. The van der Waals surface area contributed by atoms with Gasteiger partial charge < -0.3 is 0 Å². The molecule has 0 unspecified atom stereocenters. The van der Waals surface area contributed by atoms with Crippen LogP contribution in [0.5, 0.6) is 0 Å². The molecule has 2 N–H and O–H groups in total. The highest BCUT2D eigenvalue weighted by atomic mass is 16.6. The largest absolute Gasteiger partial charge is 0.349 e. The molecule has 8 heteroatoms. The Morgan fingerprint density at radius 1 is 1.11 bits per heavy atom. The quantitative estimate of drug-likeness (QED) is 0.592. The summed E-state index contributed by atoms with van der Waals surface area (Å²) < 4.78 is 0.911. The van der Waals surface area contributed by atoms with Gasteiger partial charge in [0.25, 0.3) is 5.69 Å². The van der Waals surface area contributed by atoms with Gasteiger partial charge in [0.1, 0.15) is 0 Å². The van der Waals surface area contributed by atoms with Crippen LogP contribution in [0.1, 0.15) is 11.1 Å². The van der Waals surface area contributed by atoms with E-state index in [1.165, 1.54) is 12.1 Å². The number of nitro benzene ring substituents is 1. The first kappa shape index (κ1) is 11.8. The van der Waals surface area contributed by atoms with E-state index in [-0.39, 0.29) is 5.69 Å². The van der Waals surface area contributed by atoms with Crippen LogP contribution >= 0.6 is 0 Å². The lowest BCUT2D eigenvalue weighted by atomic mass is 10.1. The number of hydrogen-bond acceptors (Lipinski definition) is 4. The van der Waals surface area contributed by atoms with Gasteiger partial charge in [0.05, 0.1) is 10.6 Å². The van der Waals surface area contributed by atoms with Crippen LogP contribution in [0.15, 0.2) is 21.7 Å². The van der Waals surface area contributed by atoms with Crippen LogP contribution in [0.3, 0.4) is 0 Å². The molecule has 2 rings (SSSR count). The van der Waals surface area contributed by atoms with Crippen LogP contribution < -0.4 is 11.4 Å². The average molecular weight is 250 g/mol. The summed E-state index contributed by atoms with van der Waals surface area (Å²) in [5.41, 5.74) is 0.0183. The molecule has 0 aliphatic heterocycles. The molecule has 2 aromatic rings. The number of non-ortho nitro benzene ring substituents is 1. The minimum Gasteiger partial charge on any atom is -0.258 e. The molecule has 0 saturated heterocycles. The molecule has 0 atom stereocenters. The third kappa shape index (κ3) is 1.73. The van der Waals surface area contributed by atoms with Gasteiger partial charge in [-0.1, -0.05) is 0 Å². The van der Waals surface area contributed by atoms with Gasteiger partial charge in [0.2, 0.25) is 0 Å². The van der Waals surface area contributed by atoms with E-state index in [0.717, 1.165) is 4.57 Å². The number of aromatic amines is 2. The lowest BCUT2D eigenvalue weighted by Gasteiger charge is -2.08. The summed E-state index contributed by atoms with van der Waals surface area (Å²) in [4.78, 5) is 33.2. The van der Waals surface area contributed by atoms with Crippen LogP contribution in [0.2, 0.25) is 0 Å². The van der Waals surface area contributed by atoms with E-state index in [1.807, 2.05) is 0 Å². The molecular formula is C10H10N4O4. The van der Waals surface area contributed by atoms with Crippen molar-refractivity contribution >= 4 is 5.69 Å². The number of aryl methyl sites for hydroxylation is 2. The highest BCUT2D eigenvalue weighted by Gasteiger charge is 2.16. The summed E-state index contributed by atoms with van der Waals surface area (Å²) in [7, 11) is 0. The smallest absolute Gasteiger partial charge is 0.258 e. The Morgan fingerprint density at radius 2 is 1.56 bits per heavy atom. The van der Waals surface area contributed by atoms with Gasteiger partial charge in [-0.15, -0.1) is 0 Å². The van der Waals surface area contributed by atoms with Crippen LogP contribution in [-0.4, -0.2) is 19.7 Å².